The molecule has 12 atom stereocenters. The van der Waals surface area contributed by atoms with Gasteiger partial charge in [-0.25, -0.2) is 0 Å². The molecule has 4 aliphatic carbocycles. The Morgan fingerprint density at radius 1 is 0.967 bits per heavy atom. The van der Waals surface area contributed by atoms with Crippen molar-refractivity contribution in [2.24, 2.45) is 46.3 Å². The lowest BCUT2D eigenvalue weighted by Gasteiger charge is -2.64. The Labute approximate surface area is 179 Å². The summed E-state index contributed by atoms with van der Waals surface area (Å²) in [5.74, 6) is -0.299. The molecule has 0 aliphatic heterocycles. The second kappa shape index (κ2) is 7.72. The van der Waals surface area contributed by atoms with Gasteiger partial charge in [-0.05, 0) is 91.3 Å². The quantitative estimate of drug-likeness (QED) is 0.473. The fourth-order valence-corrected chi connectivity index (χ4v) is 8.72. The molecule has 0 amide bonds. The van der Waals surface area contributed by atoms with Crippen LogP contribution in [0.2, 0.25) is 0 Å². The van der Waals surface area contributed by atoms with Crippen molar-refractivity contribution in [2.75, 3.05) is 0 Å². The molecular formula is C24H40O6. The lowest BCUT2D eigenvalue weighted by molar-refractivity contribution is -0.243. The topological polar surface area (TPSA) is 118 Å². The number of rotatable bonds is 4. The number of hydrogen-bond acceptors (Lipinski definition) is 5. The minimum Gasteiger partial charge on any atom is -0.481 e. The molecule has 0 aromatic rings. The maximum Gasteiger partial charge on any atom is 0.303 e. The zero-order valence-corrected chi connectivity index (χ0v) is 18.6. The molecule has 0 saturated heterocycles. The molecule has 0 bridgehead atoms. The van der Waals surface area contributed by atoms with Crippen molar-refractivity contribution in [1.29, 1.82) is 0 Å². The van der Waals surface area contributed by atoms with E-state index in [1.165, 1.54) is 0 Å². The smallest absolute Gasteiger partial charge is 0.303 e. The maximum absolute atomic E-state index is 11.5. The predicted octanol–water partition coefficient (Wildman–Crippen LogP) is 2.42. The van der Waals surface area contributed by atoms with Crippen molar-refractivity contribution in [3.05, 3.63) is 0 Å². The van der Waals surface area contributed by atoms with Gasteiger partial charge in [-0.3, -0.25) is 4.79 Å². The molecule has 0 radical (unpaired) electrons. The number of aliphatic hydroxyl groups is 4. The molecule has 0 aromatic heterocycles. The third-order valence-corrected chi connectivity index (χ3v) is 10.4. The van der Waals surface area contributed by atoms with Gasteiger partial charge in [-0.1, -0.05) is 20.8 Å². The van der Waals surface area contributed by atoms with Crippen molar-refractivity contribution in [1.82, 2.24) is 0 Å². The normalized spacial score (nSPS) is 54.0. The number of fused-ring (bicyclic) bond motifs is 5. The molecule has 4 saturated carbocycles. The van der Waals surface area contributed by atoms with Gasteiger partial charge in [0.2, 0.25) is 0 Å². The van der Waals surface area contributed by atoms with Crippen molar-refractivity contribution in [3.63, 3.8) is 0 Å². The largest absolute Gasteiger partial charge is 0.481 e. The summed E-state index contributed by atoms with van der Waals surface area (Å²) in [5.41, 5.74) is -0.547. The van der Waals surface area contributed by atoms with Gasteiger partial charge in [0.15, 0.2) is 0 Å². The van der Waals surface area contributed by atoms with Gasteiger partial charge in [0.1, 0.15) is 0 Å². The van der Waals surface area contributed by atoms with E-state index in [0.717, 1.165) is 19.3 Å². The molecule has 4 rings (SSSR count). The number of carbonyl (C=O) groups is 1. The fourth-order valence-electron chi connectivity index (χ4n) is 8.72. The van der Waals surface area contributed by atoms with E-state index < -0.39 is 30.4 Å². The highest BCUT2D eigenvalue weighted by Crippen LogP contribution is 2.68. The Bertz CT molecular complexity index is 668. The van der Waals surface area contributed by atoms with E-state index in [-0.39, 0.29) is 52.8 Å². The van der Waals surface area contributed by atoms with E-state index in [2.05, 4.69) is 20.8 Å². The summed E-state index contributed by atoms with van der Waals surface area (Å²) < 4.78 is 0. The standard InChI is InChI=1S/C24H40O6/c1-12(4-7-19(27)28)14-5-6-15-20-16(11-18(26)24(14,15)3)23(2)9-8-13(25)10-17(23)21(29)22(20)30/h12-18,20-22,25-26,29-30H,4-11H2,1-3H3,(H,27,28)/t12-,13?,14-,15+,16-,17?,18?,20+,21?,22?,23-,24-/m1/s1. The summed E-state index contributed by atoms with van der Waals surface area (Å²) in [4.78, 5) is 11.1. The molecule has 5 unspecified atom stereocenters. The number of aliphatic hydroxyl groups excluding tert-OH is 4. The van der Waals surface area contributed by atoms with Gasteiger partial charge in [0.05, 0.1) is 24.4 Å². The highest BCUT2D eigenvalue weighted by atomic mass is 16.4. The van der Waals surface area contributed by atoms with Crippen LogP contribution in [0.1, 0.15) is 72.1 Å². The second-order valence-electron chi connectivity index (χ2n) is 11.5. The van der Waals surface area contributed by atoms with Crippen LogP contribution < -0.4 is 0 Å². The van der Waals surface area contributed by atoms with Gasteiger partial charge in [0, 0.05) is 6.42 Å². The average Bonchev–Trinajstić information content (AvgIpc) is 3.05. The summed E-state index contributed by atoms with van der Waals surface area (Å²) in [7, 11) is 0. The van der Waals surface area contributed by atoms with Crippen LogP contribution in [0.3, 0.4) is 0 Å². The predicted molar refractivity (Wildman–Crippen MR) is 111 cm³/mol. The summed E-state index contributed by atoms with van der Waals surface area (Å²) in [6.07, 6.45) is 2.67. The maximum atomic E-state index is 11.5. The Hall–Kier alpha value is -0.690. The number of aliphatic carboxylic acids is 1. The summed E-state index contributed by atoms with van der Waals surface area (Å²) in [6, 6.07) is 0. The average molecular weight is 425 g/mol. The second-order valence-corrected chi connectivity index (χ2v) is 11.5. The van der Waals surface area contributed by atoms with E-state index in [1.54, 1.807) is 0 Å². The summed E-state index contributed by atoms with van der Waals surface area (Å²) in [5, 5.41) is 53.1. The molecule has 30 heavy (non-hydrogen) atoms. The molecule has 4 fully saturated rings. The van der Waals surface area contributed by atoms with Crippen LogP contribution in [-0.2, 0) is 4.79 Å². The molecule has 0 spiro atoms. The first kappa shape index (κ1) is 22.5. The third kappa shape index (κ3) is 3.16. The van der Waals surface area contributed by atoms with Gasteiger partial charge in [0.25, 0.3) is 0 Å². The van der Waals surface area contributed by atoms with Gasteiger partial charge in [-0.15, -0.1) is 0 Å². The minimum atomic E-state index is -0.839. The van der Waals surface area contributed by atoms with Gasteiger partial charge >= 0.3 is 5.97 Å². The SMILES string of the molecule is C[C@H](CCC(=O)O)[C@H]1CC[C@H]2[C@@H]3C(O)C(O)C4CC(O)CC[C@]4(C)[C@@H]3CC(O)[C@]12C. The third-order valence-electron chi connectivity index (χ3n) is 10.4. The van der Waals surface area contributed by atoms with Gasteiger partial charge < -0.3 is 25.5 Å². The molecule has 4 aliphatic rings. The van der Waals surface area contributed by atoms with E-state index in [4.69, 9.17) is 5.11 Å². The zero-order chi connectivity index (χ0) is 22.0. The highest BCUT2D eigenvalue weighted by molar-refractivity contribution is 5.66. The van der Waals surface area contributed by atoms with Crippen LogP contribution in [0.15, 0.2) is 0 Å². The zero-order valence-electron chi connectivity index (χ0n) is 18.6. The molecule has 0 aromatic carbocycles. The van der Waals surface area contributed by atoms with Crippen LogP contribution in [0.25, 0.3) is 0 Å². The van der Waals surface area contributed by atoms with Crippen molar-refractivity contribution < 1.29 is 30.3 Å². The first-order chi connectivity index (χ1) is 14.0. The molecule has 0 heterocycles. The van der Waals surface area contributed by atoms with E-state index in [9.17, 15) is 25.2 Å². The molecule has 6 heteroatoms. The van der Waals surface area contributed by atoms with Crippen molar-refractivity contribution >= 4 is 5.97 Å². The highest BCUT2D eigenvalue weighted by Gasteiger charge is 2.67. The number of carboxylic acid groups (broad SMARTS) is 1. The Morgan fingerprint density at radius 2 is 1.67 bits per heavy atom. The van der Waals surface area contributed by atoms with Crippen LogP contribution in [0.5, 0.6) is 0 Å². The van der Waals surface area contributed by atoms with Crippen LogP contribution >= 0.6 is 0 Å². The molecule has 6 nitrogen and oxygen atoms in total. The van der Waals surface area contributed by atoms with Crippen molar-refractivity contribution in [2.45, 2.75) is 96.6 Å². The number of hydrogen-bond donors (Lipinski definition) is 5. The van der Waals surface area contributed by atoms with Crippen LogP contribution in [-0.4, -0.2) is 55.9 Å². The fraction of sp³-hybridized carbons (Fsp3) is 0.958. The monoisotopic (exact) mass is 424 g/mol. The number of carboxylic acids is 1. The molecule has 5 N–H and O–H groups in total. The van der Waals surface area contributed by atoms with Crippen LogP contribution in [0, 0.1) is 46.3 Å². The summed E-state index contributed by atoms with van der Waals surface area (Å²) >= 11 is 0. The lowest BCUT2D eigenvalue weighted by atomic mass is 9.42. The summed E-state index contributed by atoms with van der Waals surface area (Å²) in [6.45, 7) is 6.45. The minimum absolute atomic E-state index is 0.0541. The van der Waals surface area contributed by atoms with Gasteiger partial charge in [-0.2, -0.15) is 0 Å². The van der Waals surface area contributed by atoms with Crippen LogP contribution in [0.4, 0.5) is 0 Å². The Morgan fingerprint density at radius 3 is 2.33 bits per heavy atom. The van der Waals surface area contributed by atoms with E-state index >= 15 is 0 Å². The van der Waals surface area contributed by atoms with Crippen molar-refractivity contribution in [3.8, 4) is 0 Å². The first-order valence-corrected chi connectivity index (χ1v) is 12.0. The Kier molecular flexibility index (Phi) is 5.79. The first-order valence-electron chi connectivity index (χ1n) is 12.0. The van der Waals surface area contributed by atoms with E-state index in [1.807, 2.05) is 0 Å². The van der Waals surface area contributed by atoms with E-state index in [0.29, 0.717) is 25.7 Å². The Balaban J connectivity index is 1.64. The molecule has 172 valence electrons. The molecular weight excluding hydrogens is 384 g/mol. The lowest BCUT2D eigenvalue weighted by Crippen LogP contribution is -2.66.